The zero-order valence-electron chi connectivity index (χ0n) is 28.5. The fraction of sp³-hybridized carbons (Fsp3) is 0.0870. The minimum atomic E-state index is -0.0167. The van der Waals surface area contributed by atoms with Crippen LogP contribution in [0, 0.1) is 6.07 Å². The van der Waals surface area contributed by atoms with Crippen molar-refractivity contribution in [2.75, 3.05) is 0 Å². The van der Waals surface area contributed by atoms with Crippen LogP contribution in [-0.2, 0) is 26.5 Å². The van der Waals surface area contributed by atoms with Gasteiger partial charge in [-0.05, 0) is 55.5 Å². The van der Waals surface area contributed by atoms with Crippen molar-refractivity contribution in [3.8, 4) is 50.6 Å². The van der Waals surface area contributed by atoms with Crippen LogP contribution in [-0.4, -0.2) is 14.5 Å². The van der Waals surface area contributed by atoms with Crippen LogP contribution in [0.15, 0.2) is 152 Å². The Kier molecular flexibility index (Phi) is 8.29. The van der Waals surface area contributed by atoms with Crippen LogP contribution in [0.1, 0.15) is 26.3 Å². The maximum absolute atomic E-state index is 5.41. The van der Waals surface area contributed by atoms with E-state index in [-0.39, 0.29) is 26.5 Å². The molecule has 248 valence electrons. The molecular weight excluding hydrogens is 804 g/mol. The molecule has 0 aliphatic heterocycles. The summed E-state index contributed by atoms with van der Waals surface area (Å²) in [5.41, 5.74) is 12.3. The summed E-state index contributed by atoms with van der Waals surface area (Å²) in [5.74, 6) is 0.862. The number of pyridine rings is 2. The van der Waals surface area contributed by atoms with E-state index in [2.05, 4.69) is 153 Å². The van der Waals surface area contributed by atoms with E-state index in [1.807, 2.05) is 30.5 Å². The molecule has 0 fully saturated rings. The molecule has 4 nitrogen and oxygen atoms in total. The molecule has 0 aliphatic carbocycles. The number of benzene rings is 5. The largest absolute Gasteiger partial charge is 2.00 e. The topological polar surface area (TPSA) is 44.8 Å². The summed E-state index contributed by atoms with van der Waals surface area (Å²) in [4.78, 5) is 15.2. The molecule has 0 saturated heterocycles. The van der Waals surface area contributed by atoms with Crippen LogP contribution >= 0.6 is 0 Å². The van der Waals surface area contributed by atoms with E-state index in [1.54, 1.807) is 0 Å². The van der Waals surface area contributed by atoms with Gasteiger partial charge in [-0.25, -0.2) is 0 Å². The smallest absolute Gasteiger partial charge is 0.435 e. The molecule has 4 aromatic heterocycles. The van der Waals surface area contributed by atoms with Crippen molar-refractivity contribution < 1.29 is 21.1 Å². The molecule has 9 aromatic rings. The van der Waals surface area contributed by atoms with Gasteiger partial charge in [0, 0.05) is 23.0 Å². The van der Waals surface area contributed by atoms with Gasteiger partial charge < -0.3 is 9.55 Å². The van der Waals surface area contributed by atoms with Crippen molar-refractivity contribution in [3.63, 3.8) is 0 Å². The Balaban J connectivity index is 0.00000374. The molecule has 5 aromatic carbocycles. The summed E-state index contributed by atoms with van der Waals surface area (Å²) >= 11 is 0. The Morgan fingerprint density at radius 1 is 0.608 bits per heavy atom. The molecule has 0 spiro atoms. The monoisotopic (exact) mass is 837 g/mol. The maximum Gasteiger partial charge on any atom is 2.00 e. The minimum absolute atomic E-state index is 0. The first kappa shape index (κ1) is 32.6. The van der Waals surface area contributed by atoms with Gasteiger partial charge in [0.25, 0.3) is 0 Å². The summed E-state index contributed by atoms with van der Waals surface area (Å²) in [6, 6.07) is 54.9. The third-order valence-electron chi connectivity index (χ3n) is 9.57. The molecule has 0 unspecified atom stereocenters. The average molecular weight is 838 g/mol. The van der Waals surface area contributed by atoms with E-state index in [0.29, 0.717) is 0 Å². The summed E-state index contributed by atoms with van der Waals surface area (Å²) in [6.45, 7) is 6.79. The van der Waals surface area contributed by atoms with Crippen LogP contribution in [0.2, 0.25) is 0 Å². The number of hydrogen-bond acceptors (Lipinski definition) is 2. The van der Waals surface area contributed by atoms with Crippen molar-refractivity contribution in [2.24, 2.45) is 0 Å². The van der Waals surface area contributed by atoms with Crippen LogP contribution in [0.4, 0.5) is 0 Å². The van der Waals surface area contributed by atoms with Crippen molar-refractivity contribution >= 4 is 32.8 Å². The van der Waals surface area contributed by atoms with Crippen molar-refractivity contribution in [3.05, 3.63) is 163 Å². The molecule has 0 saturated carbocycles. The van der Waals surface area contributed by atoms with Crippen LogP contribution in [0.5, 0.6) is 0 Å². The summed E-state index contributed by atoms with van der Waals surface area (Å²) in [7, 11) is 0. The fourth-order valence-corrected chi connectivity index (χ4v) is 6.98. The molecule has 9 rings (SSSR count). The molecule has 0 amide bonds. The van der Waals surface area contributed by atoms with Crippen LogP contribution in [0.25, 0.3) is 83.4 Å². The van der Waals surface area contributed by atoms with E-state index < -0.39 is 0 Å². The Morgan fingerprint density at radius 2 is 1.35 bits per heavy atom. The van der Waals surface area contributed by atoms with Gasteiger partial charge in [0.1, 0.15) is 0 Å². The predicted molar refractivity (Wildman–Crippen MR) is 206 cm³/mol. The van der Waals surface area contributed by atoms with Crippen molar-refractivity contribution in [1.82, 2.24) is 19.5 Å². The van der Waals surface area contributed by atoms with Gasteiger partial charge in [-0.15, -0.1) is 18.2 Å². The molecule has 51 heavy (non-hydrogen) atoms. The van der Waals surface area contributed by atoms with Gasteiger partial charge in [0.2, 0.25) is 0 Å². The zero-order valence-corrected chi connectivity index (χ0v) is 30.8. The normalized spacial score (nSPS) is 11.7. The second-order valence-electron chi connectivity index (χ2n) is 13.9. The minimum Gasteiger partial charge on any atom is -0.435 e. The van der Waals surface area contributed by atoms with Crippen molar-refractivity contribution in [1.29, 1.82) is 0 Å². The first-order chi connectivity index (χ1) is 24.4. The second-order valence-corrected chi connectivity index (χ2v) is 13.9. The first-order valence-electron chi connectivity index (χ1n) is 17.0. The summed E-state index contributed by atoms with van der Waals surface area (Å²) in [6.07, 6.45) is 1.84. The van der Waals surface area contributed by atoms with Gasteiger partial charge in [0.15, 0.2) is 0 Å². The number of nitrogens with zero attached hydrogens (tertiary/aromatic N) is 4. The average Bonchev–Trinajstić information content (AvgIpc) is 3.73. The third kappa shape index (κ3) is 5.90. The fourth-order valence-electron chi connectivity index (χ4n) is 6.98. The first-order valence-corrected chi connectivity index (χ1v) is 17.0. The third-order valence-corrected chi connectivity index (χ3v) is 9.57. The molecular formula is C46H34N4Pt. The number of rotatable bonds is 5. The van der Waals surface area contributed by atoms with E-state index >= 15 is 0 Å². The molecule has 5 heteroatoms. The number of aromatic nitrogens is 4. The van der Waals surface area contributed by atoms with Crippen molar-refractivity contribution in [2.45, 2.75) is 26.2 Å². The Bertz CT molecular complexity index is 2650. The molecule has 0 N–H and O–H groups in total. The van der Waals surface area contributed by atoms with Gasteiger partial charge in [-0.3, -0.25) is 9.97 Å². The van der Waals surface area contributed by atoms with Crippen LogP contribution < -0.4 is 4.98 Å². The number of para-hydroxylation sites is 2. The Hall–Kier alpha value is -5.57. The molecule has 0 bridgehead atoms. The SMILES string of the molecule is CC(C)(C)c1ccc(-c2ccccc2)c(-c2cc(-c3ccccn3)[c-]c(-c3ccc4c5ccccc5n(-c5cc6ccccc6[n-]5)c4n3)c2)c1.[Pt+2]. The molecule has 0 atom stereocenters. The predicted octanol–water partition coefficient (Wildman–Crippen LogP) is 11.4. The standard InChI is InChI=1S/C46H34N4.Pt/c1-46(2,3)35-20-21-36(30-13-5-4-6-14-30)39(29-35)32-25-33(40-17-11-12-24-47-40)27-34(26-32)42-23-22-38-37-16-8-10-19-43(37)50(45(38)49-42)44-28-31-15-7-9-18-41(31)48-44;/h4-26,28-29H,1-3H3;/q-2;+2. The van der Waals surface area contributed by atoms with Gasteiger partial charge >= 0.3 is 21.1 Å². The van der Waals surface area contributed by atoms with E-state index in [1.165, 1.54) is 22.3 Å². The van der Waals surface area contributed by atoms with E-state index in [4.69, 9.17) is 15.0 Å². The Labute approximate surface area is 312 Å². The second kappa shape index (κ2) is 13.0. The summed E-state index contributed by atoms with van der Waals surface area (Å²) < 4.78 is 2.19. The maximum atomic E-state index is 5.41. The molecule has 4 heterocycles. The molecule has 0 radical (unpaired) electrons. The van der Waals surface area contributed by atoms with Gasteiger partial charge in [0.05, 0.1) is 5.65 Å². The zero-order chi connectivity index (χ0) is 33.8. The van der Waals surface area contributed by atoms with Gasteiger partial charge in [-0.1, -0.05) is 171 Å². The summed E-state index contributed by atoms with van der Waals surface area (Å²) in [5, 5.41) is 3.34. The van der Waals surface area contributed by atoms with E-state index in [0.717, 1.165) is 66.7 Å². The quantitative estimate of drug-likeness (QED) is 0.162. The van der Waals surface area contributed by atoms with E-state index in [9.17, 15) is 0 Å². The molecule has 0 aliphatic rings. The number of hydrogen-bond donors (Lipinski definition) is 0. The van der Waals surface area contributed by atoms with Crippen LogP contribution in [0.3, 0.4) is 0 Å². The Morgan fingerprint density at radius 3 is 2.14 bits per heavy atom. The number of fused-ring (bicyclic) bond motifs is 4. The van der Waals surface area contributed by atoms with Gasteiger partial charge in [-0.2, -0.15) is 0 Å².